The summed E-state index contributed by atoms with van der Waals surface area (Å²) in [4.78, 5) is 4.47. The summed E-state index contributed by atoms with van der Waals surface area (Å²) in [5.41, 5.74) is 14.6. The Morgan fingerprint density at radius 1 is 1.23 bits per heavy atom. The molecule has 0 saturated heterocycles. The fourth-order valence-corrected chi connectivity index (χ4v) is 2.57. The minimum Gasteiger partial charge on any atom is -0.402 e. The first-order valence-electron chi connectivity index (χ1n) is 7.16. The minimum absolute atomic E-state index is 0.241. The van der Waals surface area contributed by atoms with Crippen molar-refractivity contribution in [2.45, 2.75) is 32.7 Å². The third-order valence-electron chi connectivity index (χ3n) is 3.68. The predicted octanol–water partition coefficient (Wildman–Crippen LogP) is 3.20. The van der Waals surface area contributed by atoms with Crippen LogP contribution >= 0.6 is 0 Å². The van der Waals surface area contributed by atoms with E-state index in [0.717, 1.165) is 18.9 Å². The van der Waals surface area contributed by atoms with E-state index in [4.69, 9.17) is 11.5 Å². The molecule has 0 amide bonds. The quantitative estimate of drug-likeness (QED) is 0.855. The lowest BCUT2D eigenvalue weighted by Crippen LogP contribution is -2.06. The molecule has 1 aliphatic carbocycles. The standard InChI is InChI=1S/C16H18F2N4/c1-8(19)5-11(9(2)20)16-21-14-6-12(17)13(18)7-15(14)22(16)10-3-4-10/h5-7,10H,3-4,19-20H2,1-2H3/b8-5-,11-9+. The molecule has 6 heteroatoms. The number of allylic oxidation sites excluding steroid dienone is 4. The van der Waals surface area contributed by atoms with Gasteiger partial charge in [-0.2, -0.15) is 0 Å². The van der Waals surface area contributed by atoms with Crippen LogP contribution in [0.25, 0.3) is 16.6 Å². The molecule has 22 heavy (non-hydrogen) atoms. The van der Waals surface area contributed by atoms with Crippen molar-refractivity contribution in [2.24, 2.45) is 11.5 Å². The van der Waals surface area contributed by atoms with E-state index in [1.807, 2.05) is 4.57 Å². The van der Waals surface area contributed by atoms with E-state index in [2.05, 4.69) is 4.98 Å². The maximum absolute atomic E-state index is 13.6. The second-order valence-corrected chi connectivity index (χ2v) is 5.78. The molecule has 3 rings (SSSR count). The second-order valence-electron chi connectivity index (χ2n) is 5.78. The number of hydrogen-bond donors (Lipinski definition) is 2. The average Bonchev–Trinajstić information content (AvgIpc) is 3.19. The van der Waals surface area contributed by atoms with E-state index in [1.165, 1.54) is 6.07 Å². The summed E-state index contributed by atoms with van der Waals surface area (Å²) in [6, 6.07) is 2.56. The molecule has 0 radical (unpaired) electrons. The number of nitrogens with two attached hydrogens (primary N) is 2. The molecule has 2 aromatic rings. The Bertz CT molecular complexity index is 805. The first-order chi connectivity index (χ1) is 10.4. The van der Waals surface area contributed by atoms with Crippen molar-refractivity contribution in [3.05, 3.63) is 47.1 Å². The summed E-state index contributed by atoms with van der Waals surface area (Å²) >= 11 is 0. The first-order valence-corrected chi connectivity index (χ1v) is 7.16. The van der Waals surface area contributed by atoms with Gasteiger partial charge in [-0.25, -0.2) is 13.8 Å². The predicted molar refractivity (Wildman–Crippen MR) is 82.6 cm³/mol. The van der Waals surface area contributed by atoms with Crippen molar-refractivity contribution in [3.8, 4) is 0 Å². The molecule has 1 fully saturated rings. The van der Waals surface area contributed by atoms with Gasteiger partial charge in [-0.1, -0.05) is 0 Å². The molecule has 0 aliphatic heterocycles. The number of benzene rings is 1. The third-order valence-corrected chi connectivity index (χ3v) is 3.68. The fraction of sp³-hybridized carbons (Fsp3) is 0.312. The lowest BCUT2D eigenvalue weighted by atomic mass is 10.1. The molecule has 4 nitrogen and oxygen atoms in total. The largest absolute Gasteiger partial charge is 0.402 e. The van der Waals surface area contributed by atoms with Gasteiger partial charge in [0.25, 0.3) is 0 Å². The summed E-state index contributed by atoms with van der Waals surface area (Å²) in [6.07, 6.45) is 3.71. The van der Waals surface area contributed by atoms with Crippen molar-refractivity contribution in [1.29, 1.82) is 0 Å². The van der Waals surface area contributed by atoms with E-state index in [0.29, 0.717) is 33.8 Å². The number of fused-ring (bicyclic) bond motifs is 1. The third kappa shape index (κ3) is 2.45. The zero-order valence-corrected chi connectivity index (χ0v) is 12.5. The van der Waals surface area contributed by atoms with Crippen LogP contribution < -0.4 is 11.5 Å². The van der Waals surface area contributed by atoms with Crippen LogP contribution in [0, 0.1) is 11.6 Å². The van der Waals surface area contributed by atoms with Gasteiger partial charge in [0, 0.05) is 35.1 Å². The molecular formula is C16H18F2N4. The van der Waals surface area contributed by atoms with Gasteiger partial charge in [0.05, 0.1) is 11.0 Å². The van der Waals surface area contributed by atoms with E-state index in [-0.39, 0.29) is 6.04 Å². The number of nitrogens with zero attached hydrogens (tertiary/aromatic N) is 2. The fourth-order valence-electron chi connectivity index (χ4n) is 2.57. The summed E-state index contributed by atoms with van der Waals surface area (Å²) < 4.78 is 29.0. The van der Waals surface area contributed by atoms with Crippen molar-refractivity contribution < 1.29 is 8.78 Å². The van der Waals surface area contributed by atoms with Gasteiger partial charge in [0.15, 0.2) is 11.6 Å². The van der Waals surface area contributed by atoms with Gasteiger partial charge in [-0.15, -0.1) is 0 Å². The summed E-state index contributed by atoms with van der Waals surface area (Å²) in [7, 11) is 0. The van der Waals surface area contributed by atoms with Gasteiger partial charge in [-0.05, 0) is 32.8 Å². The molecule has 0 atom stereocenters. The Kier molecular flexibility index (Phi) is 3.39. The lowest BCUT2D eigenvalue weighted by Gasteiger charge is -2.10. The molecule has 1 saturated carbocycles. The zero-order valence-electron chi connectivity index (χ0n) is 12.5. The number of imidazole rings is 1. The molecule has 4 N–H and O–H groups in total. The van der Waals surface area contributed by atoms with Crippen molar-refractivity contribution in [3.63, 3.8) is 0 Å². The number of hydrogen-bond acceptors (Lipinski definition) is 3. The molecule has 116 valence electrons. The van der Waals surface area contributed by atoms with E-state index in [1.54, 1.807) is 19.9 Å². The van der Waals surface area contributed by atoms with Crippen molar-refractivity contribution in [1.82, 2.24) is 9.55 Å². The maximum atomic E-state index is 13.6. The Morgan fingerprint density at radius 3 is 2.41 bits per heavy atom. The Morgan fingerprint density at radius 2 is 1.86 bits per heavy atom. The topological polar surface area (TPSA) is 69.9 Å². The normalized spacial score (nSPS) is 17.0. The SMILES string of the molecule is C/C(N)=C/C(=C(/C)N)c1nc2cc(F)c(F)cc2n1C1CC1. The highest BCUT2D eigenvalue weighted by atomic mass is 19.2. The highest BCUT2D eigenvalue weighted by Gasteiger charge is 2.30. The Hall–Kier alpha value is -2.37. The number of aromatic nitrogens is 2. The highest BCUT2D eigenvalue weighted by Crippen LogP contribution is 2.41. The summed E-state index contributed by atoms with van der Waals surface area (Å²) in [6.45, 7) is 3.51. The molecule has 0 spiro atoms. The van der Waals surface area contributed by atoms with Gasteiger partial charge >= 0.3 is 0 Å². The zero-order chi connectivity index (χ0) is 16.0. The summed E-state index contributed by atoms with van der Waals surface area (Å²) in [5, 5.41) is 0. The average molecular weight is 304 g/mol. The molecular weight excluding hydrogens is 286 g/mol. The lowest BCUT2D eigenvalue weighted by molar-refractivity contribution is 0.510. The van der Waals surface area contributed by atoms with Crippen molar-refractivity contribution in [2.75, 3.05) is 0 Å². The molecule has 1 aromatic carbocycles. The van der Waals surface area contributed by atoms with Crippen LogP contribution in [0.15, 0.2) is 29.6 Å². The van der Waals surface area contributed by atoms with Crippen LogP contribution in [0.1, 0.15) is 38.6 Å². The Balaban J connectivity index is 2.31. The summed E-state index contributed by atoms with van der Waals surface area (Å²) in [5.74, 6) is -1.17. The number of halogens is 2. The molecule has 0 unspecified atom stereocenters. The van der Waals surface area contributed by atoms with Crippen LogP contribution in [0.3, 0.4) is 0 Å². The van der Waals surface area contributed by atoms with Crippen LogP contribution in [0.2, 0.25) is 0 Å². The molecule has 1 heterocycles. The van der Waals surface area contributed by atoms with E-state index in [9.17, 15) is 8.78 Å². The monoisotopic (exact) mass is 304 g/mol. The van der Waals surface area contributed by atoms with Crippen LogP contribution in [0.4, 0.5) is 8.78 Å². The molecule has 1 aromatic heterocycles. The van der Waals surface area contributed by atoms with Gasteiger partial charge < -0.3 is 16.0 Å². The highest BCUT2D eigenvalue weighted by molar-refractivity contribution is 5.83. The smallest absolute Gasteiger partial charge is 0.161 e. The van der Waals surface area contributed by atoms with Crippen molar-refractivity contribution >= 4 is 16.6 Å². The van der Waals surface area contributed by atoms with Crippen LogP contribution in [-0.2, 0) is 0 Å². The van der Waals surface area contributed by atoms with E-state index >= 15 is 0 Å². The first kappa shape index (κ1) is 14.6. The second kappa shape index (κ2) is 5.12. The van der Waals surface area contributed by atoms with E-state index < -0.39 is 11.6 Å². The van der Waals surface area contributed by atoms with Crippen LogP contribution in [0.5, 0.6) is 0 Å². The van der Waals surface area contributed by atoms with Crippen LogP contribution in [-0.4, -0.2) is 9.55 Å². The maximum Gasteiger partial charge on any atom is 0.161 e. The Labute approximate surface area is 127 Å². The number of rotatable bonds is 3. The molecule has 1 aliphatic rings. The minimum atomic E-state index is -0.903. The van der Waals surface area contributed by atoms with Gasteiger partial charge in [-0.3, -0.25) is 0 Å². The molecule has 0 bridgehead atoms. The van der Waals surface area contributed by atoms with Gasteiger partial charge in [0.2, 0.25) is 0 Å². The van der Waals surface area contributed by atoms with Gasteiger partial charge in [0.1, 0.15) is 5.82 Å².